The lowest BCUT2D eigenvalue weighted by Crippen LogP contribution is -2.31. The summed E-state index contributed by atoms with van der Waals surface area (Å²) in [4.78, 5) is 13.3. The van der Waals surface area contributed by atoms with Gasteiger partial charge in [-0.3, -0.25) is 4.79 Å². The molecule has 1 amide bonds. The van der Waals surface area contributed by atoms with Crippen molar-refractivity contribution in [2.24, 2.45) is 11.8 Å². The number of rotatable bonds is 0. The van der Waals surface area contributed by atoms with E-state index in [9.17, 15) is 4.79 Å². The molecule has 0 aromatic carbocycles. The second-order valence-electron chi connectivity index (χ2n) is 3.67. The van der Waals surface area contributed by atoms with E-state index in [4.69, 9.17) is 0 Å². The number of amides is 1. The molecular formula is C9H17NO. The molecule has 2 nitrogen and oxygen atoms in total. The molecular weight excluding hydrogens is 138 g/mol. The van der Waals surface area contributed by atoms with Gasteiger partial charge in [-0.25, -0.2) is 0 Å². The fraction of sp³-hybridized carbons (Fsp3) is 0.889. The van der Waals surface area contributed by atoms with Gasteiger partial charge < -0.3 is 4.90 Å². The maximum absolute atomic E-state index is 11.5. The summed E-state index contributed by atoms with van der Waals surface area (Å²) >= 11 is 0. The number of hydrogen-bond donors (Lipinski definition) is 0. The van der Waals surface area contributed by atoms with Gasteiger partial charge in [0, 0.05) is 19.5 Å². The normalized spacial score (nSPS) is 33.7. The summed E-state index contributed by atoms with van der Waals surface area (Å²) in [5.41, 5.74) is 0. The Morgan fingerprint density at radius 2 is 2.09 bits per heavy atom. The molecule has 1 heterocycles. The van der Waals surface area contributed by atoms with Gasteiger partial charge in [-0.1, -0.05) is 13.8 Å². The van der Waals surface area contributed by atoms with Crippen molar-refractivity contribution < 1.29 is 4.79 Å². The Kier molecular flexibility index (Phi) is 2.53. The van der Waals surface area contributed by atoms with Crippen LogP contribution in [0, 0.1) is 11.8 Å². The van der Waals surface area contributed by atoms with Crippen LogP contribution in [0.15, 0.2) is 0 Å². The molecule has 0 bridgehead atoms. The average molecular weight is 155 g/mol. The Balaban J connectivity index is 2.66. The molecule has 64 valence electrons. The van der Waals surface area contributed by atoms with Crippen molar-refractivity contribution in [3.05, 3.63) is 0 Å². The van der Waals surface area contributed by atoms with Crippen molar-refractivity contribution in [2.75, 3.05) is 13.6 Å². The summed E-state index contributed by atoms with van der Waals surface area (Å²) in [6, 6.07) is 0. The van der Waals surface area contributed by atoms with Crippen LogP contribution < -0.4 is 0 Å². The largest absolute Gasteiger partial charge is 0.346 e. The molecule has 0 aromatic rings. The molecule has 0 N–H and O–H groups in total. The van der Waals surface area contributed by atoms with Crippen LogP contribution in [0.1, 0.15) is 26.7 Å². The molecule has 11 heavy (non-hydrogen) atoms. The van der Waals surface area contributed by atoms with Crippen LogP contribution in [-0.4, -0.2) is 24.4 Å². The third-order valence-corrected chi connectivity index (χ3v) is 2.77. The SMILES string of the molecule is CC1CCCN(C)C(=O)C1C. The lowest BCUT2D eigenvalue weighted by atomic mass is 9.92. The first-order valence-corrected chi connectivity index (χ1v) is 4.38. The summed E-state index contributed by atoms with van der Waals surface area (Å²) in [6.07, 6.45) is 2.35. The van der Waals surface area contributed by atoms with Crippen LogP contribution in [0.4, 0.5) is 0 Å². The number of likely N-dealkylation sites (tertiary alicyclic amines) is 1. The second kappa shape index (κ2) is 3.24. The van der Waals surface area contributed by atoms with Crippen LogP contribution in [-0.2, 0) is 4.79 Å². The zero-order chi connectivity index (χ0) is 8.43. The molecule has 1 fully saturated rings. The molecule has 1 aliphatic heterocycles. The molecule has 1 rings (SSSR count). The molecule has 0 aliphatic carbocycles. The molecule has 1 aliphatic rings. The lowest BCUT2D eigenvalue weighted by molar-refractivity contribution is -0.134. The van der Waals surface area contributed by atoms with Crippen molar-refractivity contribution in [3.8, 4) is 0 Å². The zero-order valence-corrected chi connectivity index (χ0v) is 7.63. The highest BCUT2D eigenvalue weighted by atomic mass is 16.2. The minimum atomic E-state index is 0.225. The van der Waals surface area contributed by atoms with Crippen LogP contribution in [0.5, 0.6) is 0 Å². The van der Waals surface area contributed by atoms with E-state index in [0.29, 0.717) is 11.8 Å². The molecule has 2 atom stereocenters. The summed E-state index contributed by atoms with van der Waals surface area (Å²) in [6.45, 7) is 5.14. The van der Waals surface area contributed by atoms with E-state index in [0.717, 1.165) is 13.0 Å². The maximum atomic E-state index is 11.5. The summed E-state index contributed by atoms with van der Waals surface area (Å²) in [5, 5.41) is 0. The van der Waals surface area contributed by atoms with E-state index in [1.54, 1.807) is 0 Å². The highest BCUT2D eigenvalue weighted by Gasteiger charge is 2.25. The highest BCUT2D eigenvalue weighted by molar-refractivity contribution is 5.78. The van der Waals surface area contributed by atoms with Crippen LogP contribution >= 0.6 is 0 Å². The van der Waals surface area contributed by atoms with Gasteiger partial charge in [0.2, 0.25) is 5.91 Å². The third kappa shape index (κ3) is 1.73. The van der Waals surface area contributed by atoms with Gasteiger partial charge in [0.1, 0.15) is 0 Å². The first kappa shape index (κ1) is 8.57. The average Bonchev–Trinajstić information content (AvgIpc) is 2.07. The Morgan fingerprint density at radius 1 is 1.45 bits per heavy atom. The predicted molar refractivity (Wildman–Crippen MR) is 45.2 cm³/mol. The summed E-state index contributed by atoms with van der Waals surface area (Å²) < 4.78 is 0. The maximum Gasteiger partial charge on any atom is 0.225 e. The minimum absolute atomic E-state index is 0.225. The van der Waals surface area contributed by atoms with E-state index in [1.807, 2.05) is 18.9 Å². The van der Waals surface area contributed by atoms with Gasteiger partial charge in [-0.05, 0) is 18.8 Å². The standard InChI is InChI=1S/C9H17NO/c1-7-5-4-6-10(3)9(11)8(7)2/h7-8H,4-6H2,1-3H3. The van der Waals surface area contributed by atoms with Crippen molar-refractivity contribution in [2.45, 2.75) is 26.7 Å². The molecule has 0 aromatic heterocycles. The lowest BCUT2D eigenvalue weighted by Gasteiger charge is -2.19. The summed E-state index contributed by atoms with van der Waals surface area (Å²) in [5.74, 6) is 1.10. The van der Waals surface area contributed by atoms with Crippen molar-refractivity contribution in [3.63, 3.8) is 0 Å². The van der Waals surface area contributed by atoms with Crippen LogP contribution in [0.25, 0.3) is 0 Å². The molecule has 0 saturated carbocycles. The monoisotopic (exact) mass is 155 g/mol. The second-order valence-corrected chi connectivity index (χ2v) is 3.67. The summed E-state index contributed by atoms with van der Waals surface area (Å²) in [7, 11) is 1.90. The van der Waals surface area contributed by atoms with E-state index in [2.05, 4.69) is 6.92 Å². The van der Waals surface area contributed by atoms with Crippen LogP contribution in [0.3, 0.4) is 0 Å². The highest BCUT2D eigenvalue weighted by Crippen LogP contribution is 2.22. The fourth-order valence-electron chi connectivity index (χ4n) is 1.60. The van der Waals surface area contributed by atoms with Gasteiger partial charge >= 0.3 is 0 Å². The van der Waals surface area contributed by atoms with Gasteiger partial charge in [-0.2, -0.15) is 0 Å². The molecule has 0 radical (unpaired) electrons. The Labute approximate surface area is 68.6 Å². The van der Waals surface area contributed by atoms with E-state index in [1.165, 1.54) is 6.42 Å². The van der Waals surface area contributed by atoms with Crippen LogP contribution in [0.2, 0.25) is 0 Å². The Hall–Kier alpha value is -0.530. The van der Waals surface area contributed by atoms with Crippen molar-refractivity contribution in [1.29, 1.82) is 0 Å². The van der Waals surface area contributed by atoms with Gasteiger partial charge in [0.05, 0.1) is 0 Å². The molecule has 2 unspecified atom stereocenters. The van der Waals surface area contributed by atoms with E-state index >= 15 is 0 Å². The number of nitrogens with zero attached hydrogens (tertiary/aromatic N) is 1. The number of hydrogen-bond acceptors (Lipinski definition) is 1. The Bertz CT molecular complexity index is 156. The molecule has 2 heteroatoms. The first-order chi connectivity index (χ1) is 5.13. The third-order valence-electron chi connectivity index (χ3n) is 2.77. The van der Waals surface area contributed by atoms with Gasteiger partial charge in [-0.15, -0.1) is 0 Å². The molecule has 1 saturated heterocycles. The van der Waals surface area contributed by atoms with Crippen molar-refractivity contribution in [1.82, 2.24) is 4.90 Å². The van der Waals surface area contributed by atoms with E-state index in [-0.39, 0.29) is 5.92 Å². The van der Waals surface area contributed by atoms with Crippen molar-refractivity contribution >= 4 is 5.91 Å². The topological polar surface area (TPSA) is 20.3 Å². The van der Waals surface area contributed by atoms with E-state index < -0.39 is 0 Å². The fourth-order valence-corrected chi connectivity index (χ4v) is 1.60. The zero-order valence-electron chi connectivity index (χ0n) is 7.63. The number of carbonyl (C=O) groups is 1. The predicted octanol–water partition coefficient (Wildman–Crippen LogP) is 1.51. The first-order valence-electron chi connectivity index (χ1n) is 4.38. The Morgan fingerprint density at radius 3 is 2.73 bits per heavy atom. The minimum Gasteiger partial charge on any atom is -0.346 e. The number of carbonyl (C=O) groups excluding carboxylic acids is 1. The van der Waals surface area contributed by atoms with Gasteiger partial charge in [0.25, 0.3) is 0 Å². The van der Waals surface area contributed by atoms with Gasteiger partial charge in [0.15, 0.2) is 0 Å². The molecule has 0 spiro atoms. The quantitative estimate of drug-likeness (QED) is 0.519. The smallest absolute Gasteiger partial charge is 0.225 e.